The SMILES string of the molecule is Cc1cccc2nc(NC(=O)C(/C=C\N)=C/N)n(C3CCCCN(C(=O)/C=C/CN)C3)c12. The maximum Gasteiger partial charge on any atom is 0.259 e. The number of nitrogens with two attached hydrogens (primary N) is 3. The first-order valence-corrected chi connectivity index (χ1v) is 10.7. The summed E-state index contributed by atoms with van der Waals surface area (Å²) in [4.78, 5) is 32.0. The molecule has 2 heterocycles. The number of nitrogens with one attached hydrogen (secondary N) is 1. The standard InChI is InChI=1S/C23H31N7O2/c1-16-6-4-8-19-21(16)30(23(27-19)28-22(32)17(14-26)10-12-25)18-7-2-3-13-29(15-18)20(31)9-5-11-24/h4-6,8-10,12,14,18H,2-3,7,11,13,15,24-26H2,1H3,(H,27,28,32)/b9-5+,12-10-,17-14+. The Balaban J connectivity index is 2.03. The third-order valence-electron chi connectivity index (χ3n) is 5.57. The van der Waals surface area contributed by atoms with E-state index in [1.165, 1.54) is 24.6 Å². The number of rotatable bonds is 6. The predicted octanol–water partition coefficient (Wildman–Crippen LogP) is 1.67. The van der Waals surface area contributed by atoms with Crippen LogP contribution in [0.15, 0.2) is 54.4 Å². The van der Waals surface area contributed by atoms with E-state index in [0.29, 0.717) is 25.6 Å². The molecule has 1 fully saturated rings. The average molecular weight is 438 g/mol. The molecule has 0 spiro atoms. The minimum Gasteiger partial charge on any atom is -0.405 e. The number of fused-ring (bicyclic) bond motifs is 1. The number of amides is 2. The molecule has 1 aromatic heterocycles. The van der Waals surface area contributed by atoms with Crippen LogP contribution in [0.1, 0.15) is 30.9 Å². The van der Waals surface area contributed by atoms with Gasteiger partial charge in [0.15, 0.2) is 0 Å². The first-order chi connectivity index (χ1) is 15.5. The Morgan fingerprint density at radius 2 is 2.06 bits per heavy atom. The lowest BCUT2D eigenvalue weighted by atomic mass is 10.1. The van der Waals surface area contributed by atoms with Crippen molar-refractivity contribution in [2.24, 2.45) is 17.2 Å². The summed E-state index contributed by atoms with van der Waals surface area (Å²) in [5.74, 6) is -0.0489. The number of hydrogen-bond acceptors (Lipinski definition) is 6. The Hall–Kier alpha value is -3.59. The number of hydrogen-bond donors (Lipinski definition) is 4. The van der Waals surface area contributed by atoms with Crippen molar-refractivity contribution in [3.05, 3.63) is 60.0 Å². The maximum atomic E-state index is 12.8. The predicted molar refractivity (Wildman–Crippen MR) is 126 cm³/mol. The highest BCUT2D eigenvalue weighted by Gasteiger charge is 2.27. The number of carbonyl (C=O) groups excluding carboxylic acids is 2. The van der Waals surface area contributed by atoms with Gasteiger partial charge in [-0.25, -0.2) is 4.98 Å². The molecule has 1 atom stereocenters. The van der Waals surface area contributed by atoms with Crippen molar-refractivity contribution in [2.75, 3.05) is 25.0 Å². The Morgan fingerprint density at radius 3 is 2.78 bits per heavy atom. The van der Waals surface area contributed by atoms with Gasteiger partial charge in [0.25, 0.3) is 5.91 Å². The number of nitrogens with zero attached hydrogens (tertiary/aromatic N) is 3. The highest BCUT2D eigenvalue weighted by atomic mass is 16.2. The molecule has 2 amide bonds. The van der Waals surface area contributed by atoms with Crippen molar-refractivity contribution >= 4 is 28.8 Å². The van der Waals surface area contributed by atoms with Crippen LogP contribution in [0, 0.1) is 6.92 Å². The van der Waals surface area contributed by atoms with Crippen LogP contribution in [0.4, 0.5) is 5.95 Å². The van der Waals surface area contributed by atoms with Crippen molar-refractivity contribution < 1.29 is 9.59 Å². The molecular formula is C23H31N7O2. The van der Waals surface area contributed by atoms with Crippen LogP contribution in [0.2, 0.25) is 0 Å². The van der Waals surface area contributed by atoms with Crippen molar-refractivity contribution in [1.29, 1.82) is 0 Å². The fraction of sp³-hybridized carbons (Fsp3) is 0.348. The molecule has 9 nitrogen and oxygen atoms in total. The summed E-state index contributed by atoms with van der Waals surface area (Å²) in [6.07, 6.45) is 9.81. The highest BCUT2D eigenvalue weighted by Crippen LogP contribution is 2.32. The second-order valence-corrected chi connectivity index (χ2v) is 7.76. The van der Waals surface area contributed by atoms with Gasteiger partial charge >= 0.3 is 0 Å². The summed E-state index contributed by atoms with van der Waals surface area (Å²) in [5.41, 5.74) is 19.5. The van der Waals surface area contributed by atoms with E-state index in [1.54, 1.807) is 6.08 Å². The second kappa shape index (κ2) is 10.6. The van der Waals surface area contributed by atoms with E-state index >= 15 is 0 Å². The molecule has 0 aliphatic carbocycles. The van der Waals surface area contributed by atoms with Gasteiger partial charge in [-0.3, -0.25) is 14.9 Å². The van der Waals surface area contributed by atoms with E-state index in [4.69, 9.17) is 17.2 Å². The van der Waals surface area contributed by atoms with Crippen LogP contribution >= 0.6 is 0 Å². The number of aromatic nitrogens is 2. The zero-order chi connectivity index (χ0) is 23.1. The van der Waals surface area contributed by atoms with Crippen LogP contribution in [-0.4, -0.2) is 45.9 Å². The minimum atomic E-state index is -0.407. The lowest BCUT2D eigenvalue weighted by Crippen LogP contribution is -2.34. The molecule has 1 aliphatic rings. The van der Waals surface area contributed by atoms with Gasteiger partial charge in [0, 0.05) is 31.9 Å². The molecule has 170 valence electrons. The number of likely N-dealkylation sites (tertiary alicyclic amines) is 1. The smallest absolute Gasteiger partial charge is 0.259 e. The van der Waals surface area contributed by atoms with Crippen LogP contribution in [0.5, 0.6) is 0 Å². The van der Waals surface area contributed by atoms with Crippen LogP contribution in [-0.2, 0) is 9.59 Å². The van der Waals surface area contributed by atoms with E-state index in [0.717, 1.165) is 35.9 Å². The van der Waals surface area contributed by atoms with Crippen molar-refractivity contribution in [3.8, 4) is 0 Å². The summed E-state index contributed by atoms with van der Waals surface area (Å²) in [5, 5.41) is 2.88. The fourth-order valence-electron chi connectivity index (χ4n) is 4.05. The zero-order valence-electron chi connectivity index (χ0n) is 18.3. The molecule has 0 saturated carbocycles. The third kappa shape index (κ3) is 5.00. The van der Waals surface area contributed by atoms with E-state index in [1.807, 2.05) is 34.6 Å². The van der Waals surface area contributed by atoms with E-state index in [-0.39, 0.29) is 17.5 Å². The largest absolute Gasteiger partial charge is 0.405 e. The molecule has 7 N–H and O–H groups in total. The van der Waals surface area contributed by atoms with Crippen LogP contribution in [0.3, 0.4) is 0 Å². The second-order valence-electron chi connectivity index (χ2n) is 7.76. The molecule has 0 bridgehead atoms. The quantitative estimate of drug-likeness (QED) is 0.399. The normalized spacial score (nSPS) is 17.9. The van der Waals surface area contributed by atoms with Gasteiger partial charge in [0.2, 0.25) is 11.9 Å². The first kappa shape index (κ1) is 23.1. The van der Waals surface area contributed by atoms with Crippen LogP contribution < -0.4 is 22.5 Å². The van der Waals surface area contributed by atoms with E-state index in [9.17, 15) is 9.59 Å². The Morgan fingerprint density at radius 1 is 1.25 bits per heavy atom. The van der Waals surface area contributed by atoms with Gasteiger partial charge in [-0.2, -0.15) is 0 Å². The van der Waals surface area contributed by atoms with Crippen molar-refractivity contribution in [3.63, 3.8) is 0 Å². The molecule has 9 heteroatoms. The van der Waals surface area contributed by atoms with Gasteiger partial charge in [-0.05, 0) is 50.1 Å². The van der Waals surface area contributed by atoms with Gasteiger partial charge < -0.3 is 26.7 Å². The number of para-hydroxylation sites is 1. The fourth-order valence-corrected chi connectivity index (χ4v) is 4.05. The van der Waals surface area contributed by atoms with Crippen molar-refractivity contribution in [2.45, 2.75) is 32.2 Å². The average Bonchev–Trinajstić information content (AvgIpc) is 2.98. The number of benzene rings is 1. The molecule has 2 aromatic rings. The van der Waals surface area contributed by atoms with E-state index < -0.39 is 5.91 Å². The first-order valence-electron chi connectivity index (χ1n) is 10.7. The Kier molecular flexibility index (Phi) is 7.67. The topological polar surface area (TPSA) is 145 Å². The van der Waals surface area contributed by atoms with Gasteiger partial charge in [-0.1, -0.05) is 18.2 Å². The molecule has 32 heavy (non-hydrogen) atoms. The summed E-state index contributed by atoms with van der Waals surface area (Å²) >= 11 is 0. The van der Waals surface area contributed by atoms with Crippen molar-refractivity contribution in [1.82, 2.24) is 14.5 Å². The van der Waals surface area contributed by atoms with Gasteiger partial charge in [0.05, 0.1) is 22.6 Å². The molecule has 1 unspecified atom stereocenters. The number of carbonyl (C=O) groups is 2. The molecule has 0 radical (unpaired) electrons. The molecule has 1 saturated heterocycles. The summed E-state index contributed by atoms with van der Waals surface area (Å²) in [6, 6.07) is 5.81. The molecule has 3 rings (SSSR count). The number of imidazole rings is 1. The third-order valence-corrected chi connectivity index (χ3v) is 5.57. The van der Waals surface area contributed by atoms with Gasteiger partial charge in [-0.15, -0.1) is 0 Å². The lowest BCUT2D eigenvalue weighted by molar-refractivity contribution is -0.126. The maximum absolute atomic E-state index is 12.8. The Labute approximate surface area is 187 Å². The minimum absolute atomic E-state index is 0.0514. The monoisotopic (exact) mass is 437 g/mol. The molecular weight excluding hydrogens is 406 g/mol. The van der Waals surface area contributed by atoms with Gasteiger partial charge in [0.1, 0.15) is 0 Å². The summed E-state index contributed by atoms with van der Waals surface area (Å²) < 4.78 is 2.04. The highest BCUT2D eigenvalue weighted by molar-refractivity contribution is 6.05. The van der Waals surface area contributed by atoms with Crippen LogP contribution in [0.25, 0.3) is 11.0 Å². The number of anilines is 1. The van der Waals surface area contributed by atoms with E-state index in [2.05, 4.69) is 10.3 Å². The molecule has 1 aromatic carbocycles. The number of aryl methyl sites for hydroxylation is 1. The Bertz CT molecular complexity index is 1070. The lowest BCUT2D eigenvalue weighted by Gasteiger charge is -2.26. The molecule has 1 aliphatic heterocycles. The summed E-state index contributed by atoms with van der Waals surface area (Å²) in [7, 11) is 0. The summed E-state index contributed by atoms with van der Waals surface area (Å²) in [6.45, 7) is 3.52. The zero-order valence-corrected chi connectivity index (χ0v) is 18.3.